The highest BCUT2D eigenvalue weighted by Crippen LogP contribution is 2.31. The number of H-pyrrole nitrogens is 1. The molecule has 3 nitrogen and oxygen atoms in total. The molecule has 0 aliphatic heterocycles. The number of aryl methyl sites for hydroxylation is 2. The van der Waals surface area contributed by atoms with Crippen molar-refractivity contribution >= 4 is 16.6 Å². The predicted molar refractivity (Wildman–Crippen MR) is 64.3 cm³/mol. The first kappa shape index (κ1) is 9.48. The quantitative estimate of drug-likeness (QED) is 0.639. The van der Waals surface area contributed by atoms with E-state index in [-0.39, 0.29) is 0 Å². The highest BCUT2D eigenvalue weighted by Gasteiger charge is 2.17. The maximum Gasteiger partial charge on any atom is 0.0800 e. The fourth-order valence-corrected chi connectivity index (χ4v) is 2.42. The summed E-state index contributed by atoms with van der Waals surface area (Å²) in [5, 5.41) is 10.4. The van der Waals surface area contributed by atoms with Gasteiger partial charge in [-0.3, -0.25) is 10.7 Å². The monoisotopic (exact) mass is 214 g/mol. The Labute approximate surface area is 93.7 Å². The van der Waals surface area contributed by atoms with Crippen molar-refractivity contribution < 1.29 is 5.21 Å². The number of nitrogens with one attached hydrogen (secondary N) is 2. The average Bonchev–Trinajstić information content (AvgIpc) is 2.67. The van der Waals surface area contributed by atoms with E-state index in [1.807, 2.05) is 6.08 Å². The van der Waals surface area contributed by atoms with Gasteiger partial charge in [0.1, 0.15) is 0 Å². The molecule has 0 unspecified atom stereocenters. The first-order valence-electron chi connectivity index (χ1n) is 5.51. The van der Waals surface area contributed by atoms with Crippen LogP contribution in [0, 0.1) is 6.92 Å². The smallest absolute Gasteiger partial charge is 0.0800 e. The number of fused-ring (bicyclic) bond motifs is 3. The lowest BCUT2D eigenvalue weighted by atomic mass is 9.98. The first-order valence-corrected chi connectivity index (χ1v) is 5.51. The van der Waals surface area contributed by atoms with Gasteiger partial charge in [0.15, 0.2) is 0 Å². The fourth-order valence-electron chi connectivity index (χ4n) is 2.42. The largest absolute Gasteiger partial charge is 0.353 e. The van der Waals surface area contributed by atoms with Gasteiger partial charge in [-0.25, -0.2) is 0 Å². The van der Waals surface area contributed by atoms with Crippen molar-refractivity contribution in [3.8, 4) is 0 Å². The van der Waals surface area contributed by atoms with Crippen molar-refractivity contribution in [1.82, 2.24) is 10.5 Å². The Morgan fingerprint density at radius 2 is 2.25 bits per heavy atom. The lowest BCUT2D eigenvalue weighted by Crippen LogP contribution is -2.10. The van der Waals surface area contributed by atoms with E-state index in [9.17, 15) is 0 Å². The molecule has 16 heavy (non-hydrogen) atoms. The van der Waals surface area contributed by atoms with Gasteiger partial charge in [-0.2, -0.15) is 0 Å². The van der Waals surface area contributed by atoms with Gasteiger partial charge in [0.25, 0.3) is 0 Å². The summed E-state index contributed by atoms with van der Waals surface area (Å²) in [5.74, 6) is 0. The van der Waals surface area contributed by atoms with Crippen LogP contribution >= 0.6 is 0 Å². The van der Waals surface area contributed by atoms with Crippen molar-refractivity contribution in [2.75, 3.05) is 0 Å². The summed E-state index contributed by atoms with van der Waals surface area (Å²) in [6.45, 7) is 2.10. The zero-order valence-electron chi connectivity index (χ0n) is 9.17. The Kier molecular flexibility index (Phi) is 2.01. The van der Waals surface area contributed by atoms with Gasteiger partial charge >= 0.3 is 0 Å². The molecule has 2 aromatic rings. The molecule has 1 heterocycles. The lowest BCUT2D eigenvalue weighted by molar-refractivity contribution is 0.223. The molecule has 82 valence electrons. The Hall–Kier alpha value is -1.74. The molecule has 3 heteroatoms. The van der Waals surface area contributed by atoms with Crippen LogP contribution in [0.3, 0.4) is 0 Å². The van der Waals surface area contributed by atoms with Crippen LogP contribution in [-0.4, -0.2) is 10.2 Å². The van der Waals surface area contributed by atoms with Gasteiger partial charge in [0.05, 0.1) is 11.4 Å². The molecule has 1 aliphatic rings. The van der Waals surface area contributed by atoms with E-state index in [4.69, 9.17) is 5.21 Å². The van der Waals surface area contributed by atoms with E-state index in [2.05, 4.69) is 35.6 Å². The van der Waals surface area contributed by atoms with Gasteiger partial charge in [-0.05, 0) is 37.5 Å². The van der Waals surface area contributed by atoms with Crippen molar-refractivity contribution in [2.45, 2.75) is 19.8 Å². The van der Waals surface area contributed by atoms with Crippen molar-refractivity contribution in [3.63, 3.8) is 0 Å². The molecular formula is C13H14N2O. The minimum atomic E-state index is 0.787. The molecule has 1 aromatic heterocycles. The van der Waals surface area contributed by atoms with E-state index in [0.717, 1.165) is 29.7 Å². The minimum absolute atomic E-state index is 0.787. The third kappa shape index (κ3) is 1.25. The zero-order valence-corrected chi connectivity index (χ0v) is 9.17. The summed E-state index contributed by atoms with van der Waals surface area (Å²) in [5.41, 5.74) is 7.78. The number of aromatic nitrogens is 1. The topological polar surface area (TPSA) is 48.0 Å². The van der Waals surface area contributed by atoms with Crippen molar-refractivity contribution in [1.29, 1.82) is 0 Å². The Morgan fingerprint density at radius 1 is 1.38 bits per heavy atom. The fraction of sp³-hybridized carbons (Fsp3) is 0.231. The van der Waals surface area contributed by atoms with Gasteiger partial charge in [0, 0.05) is 10.9 Å². The molecule has 0 amide bonds. The van der Waals surface area contributed by atoms with Crippen molar-refractivity contribution in [3.05, 3.63) is 41.1 Å². The summed E-state index contributed by atoms with van der Waals surface area (Å²) in [7, 11) is 0. The maximum absolute atomic E-state index is 9.08. The minimum Gasteiger partial charge on any atom is -0.353 e. The van der Waals surface area contributed by atoms with Crippen LogP contribution in [0.1, 0.15) is 23.2 Å². The zero-order chi connectivity index (χ0) is 11.1. The lowest BCUT2D eigenvalue weighted by Gasteiger charge is -2.12. The number of rotatable bonds is 1. The Bertz CT molecular complexity index is 581. The molecule has 3 N–H and O–H groups in total. The second kappa shape index (κ2) is 3.39. The van der Waals surface area contributed by atoms with E-state index >= 15 is 0 Å². The number of hydroxylamine groups is 1. The summed E-state index contributed by atoms with van der Waals surface area (Å²) in [4.78, 5) is 3.35. The molecule has 3 rings (SSSR count). The van der Waals surface area contributed by atoms with Gasteiger partial charge in [-0.1, -0.05) is 17.7 Å². The molecule has 0 radical (unpaired) electrons. The number of allylic oxidation sites excluding steroid dienone is 1. The molecule has 1 aromatic carbocycles. The SMILES string of the molecule is Cc1ccc2[nH]c3c(c2c1)CCC=C3NO. The second-order valence-corrected chi connectivity index (χ2v) is 4.30. The summed E-state index contributed by atoms with van der Waals surface area (Å²) < 4.78 is 0. The Morgan fingerprint density at radius 3 is 3.06 bits per heavy atom. The molecular weight excluding hydrogens is 200 g/mol. The summed E-state index contributed by atoms with van der Waals surface area (Å²) >= 11 is 0. The summed E-state index contributed by atoms with van der Waals surface area (Å²) in [6, 6.07) is 6.39. The Balaban J connectivity index is 2.30. The molecule has 0 saturated heterocycles. The first-order chi connectivity index (χ1) is 7.79. The number of benzene rings is 1. The van der Waals surface area contributed by atoms with Crippen LogP contribution in [0.4, 0.5) is 0 Å². The third-order valence-corrected chi connectivity index (χ3v) is 3.19. The highest BCUT2D eigenvalue weighted by molar-refractivity contribution is 5.90. The van der Waals surface area contributed by atoms with Crippen LogP contribution in [0.15, 0.2) is 24.3 Å². The van der Waals surface area contributed by atoms with Gasteiger partial charge < -0.3 is 4.98 Å². The van der Waals surface area contributed by atoms with E-state index in [1.54, 1.807) is 0 Å². The van der Waals surface area contributed by atoms with Crippen LogP contribution in [0.25, 0.3) is 16.6 Å². The number of aromatic amines is 1. The summed E-state index contributed by atoms with van der Waals surface area (Å²) in [6.07, 6.45) is 4.02. The molecule has 0 saturated carbocycles. The van der Waals surface area contributed by atoms with E-state index in [1.165, 1.54) is 16.5 Å². The second-order valence-electron chi connectivity index (χ2n) is 4.30. The molecule has 0 spiro atoms. The normalized spacial score (nSPS) is 14.8. The molecule has 0 bridgehead atoms. The van der Waals surface area contributed by atoms with E-state index < -0.39 is 0 Å². The third-order valence-electron chi connectivity index (χ3n) is 3.19. The predicted octanol–water partition coefficient (Wildman–Crippen LogP) is 2.74. The highest BCUT2D eigenvalue weighted by atomic mass is 16.5. The molecule has 1 aliphatic carbocycles. The van der Waals surface area contributed by atoms with E-state index in [0.29, 0.717) is 0 Å². The van der Waals surface area contributed by atoms with Gasteiger partial charge in [-0.15, -0.1) is 0 Å². The standard InChI is InChI=1S/C13H14N2O/c1-8-5-6-11-10(7-8)9-3-2-4-12(15-16)13(9)14-11/h4-7,14-16H,2-3H2,1H3. The van der Waals surface area contributed by atoms with Crippen LogP contribution in [0.5, 0.6) is 0 Å². The number of hydrogen-bond donors (Lipinski definition) is 3. The molecule has 0 atom stereocenters. The number of hydrogen-bond acceptors (Lipinski definition) is 2. The molecule has 0 fully saturated rings. The van der Waals surface area contributed by atoms with Crippen molar-refractivity contribution in [2.24, 2.45) is 0 Å². The van der Waals surface area contributed by atoms with Gasteiger partial charge in [0.2, 0.25) is 0 Å². The van der Waals surface area contributed by atoms with Crippen LogP contribution in [-0.2, 0) is 6.42 Å². The van der Waals surface area contributed by atoms with Crippen LogP contribution < -0.4 is 5.48 Å². The maximum atomic E-state index is 9.08. The average molecular weight is 214 g/mol. The van der Waals surface area contributed by atoms with Crippen LogP contribution in [0.2, 0.25) is 0 Å².